The van der Waals surface area contributed by atoms with Crippen molar-refractivity contribution in [3.05, 3.63) is 33.9 Å². The smallest absolute Gasteiger partial charge is 0.292 e. The number of hydrogen-bond acceptors (Lipinski definition) is 5. The minimum atomic E-state index is -0.331. The quantitative estimate of drug-likeness (QED) is 0.657. The molecule has 0 amide bonds. The van der Waals surface area contributed by atoms with Crippen LogP contribution < -0.4 is 5.32 Å². The third-order valence-electron chi connectivity index (χ3n) is 3.91. The van der Waals surface area contributed by atoms with E-state index in [9.17, 15) is 10.1 Å². The third kappa shape index (κ3) is 3.26. The second kappa shape index (κ2) is 6.19. The molecule has 0 saturated carbocycles. The lowest BCUT2D eigenvalue weighted by molar-refractivity contribution is -0.384. The maximum atomic E-state index is 11.1. The van der Waals surface area contributed by atoms with Crippen LogP contribution in [0.4, 0.5) is 11.4 Å². The Bertz CT molecular complexity index is 490. The first-order valence-corrected chi connectivity index (χ1v) is 6.85. The van der Waals surface area contributed by atoms with Crippen LogP contribution >= 0.6 is 0 Å². The maximum Gasteiger partial charge on any atom is 0.292 e. The van der Waals surface area contributed by atoms with Gasteiger partial charge in [-0.3, -0.25) is 15.0 Å². The molecule has 6 nitrogen and oxygen atoms in total. The molecule has 20 heavy (non-hydrogen) atoms. The van der Waals surface area contributed by atoms with Crippen molar-refractivity contribution in [3.63, 3.8) is 0 Å². The number of benzene rings is 1. The second-order valence-corrected chi connectivity index (χ2v) is 5.50. The highest BCUT2D eigenvalue weighted by molar-refractivity contribution is 5.62. The predicted octanol–water partition coefficient (Wildman–Crippen LogP) is 1.77. The minimum Gasteiger partial charge on any atom is -0.383 e. The summed E-state index contributed by atoms with van der Waals surface area (Å²) in [7, 11) is 5.89. The first-order valence-electron chi connectivity index (χ1n) is 6.85. The van der Waals surface area contributed by atoms with Gasteiger partial charge in [-0.1, -0.05) is 6.07 Å². The maximum absolute atomic E-state index is 11.1. The van der Waals surface area contributed by atoms with Gasteiger partial charge < -0.3 is 10.2 Å². The van der Waals surface area contributed by atoms with E-state index in [4.69, 9.17) is 0 Å². The zero-order chi connectivity index (χ0) is 14.7. The third-order valence-corrected chi connectivity index (χ3v) is 3.91. The Morgan fingerprint density at radius 2 is 2.25 bits per heavy atom. The molecule has 0 radical (unpaired) electrons. The van der Waals surface area contributed by atoms with Gasteiger partial charge in [0.1, 0.15) is 5.69 Å². The summed E-state index contributed by atoms with van der Waals surface area (Å²) in [5.41, 5.74) is 1.70. The number of rotatable bonds is 5. The van der Waals surface area contributed by atoms with E-state index >= 15 is 0 Å². The largest absolute Gasteiger partial charge is 0.383 e. The van der Waals surface area contributed by atoms with Crippen molar-refractivity contribution in [2.24, 2.45) is 0 Å². The Morgan fingerprint density at radius 3 is 2.80 bits per heavy atom. The van der Waals surface area contributed by atoms with Gasteiger partial charge in [0.05, 0.1) is 4.92 Å². The van der Waals surface area contributed by atoms with E-state index in [0.29, 0.717) is 11.7 Å². The van der Waals surface area contributed by atoms with Crippen LogP contribution in [-0.4, -0.2) is 55.0 Å². The SMILES string of the molecule is CNc1ccc(CN2CCC(N(C)C)C2)cc1[N+](=O)[O-]. The van der Waals surface area contributed by atoms with E-state index in [2.05, 4.69) is 29.2 Å². The molecule has 2 rings (SSSR count). The van der Waals surface area contributed by atoms with Gasteiger partial charge in [-0.15, -0.1) is 0 Å². The van der Waals surface area contributed by atoms with Crippen molar-refractivity contribution in [1.82, 2.24) is 9.80 Å². The molecular formula is C14H22N4O2. The summed E-state index contributed by atoms with van der Waals surface area (Å²) in [6.07, 6.45) is 1.16. The molecule has 1 N–H and O–H groups in total. The molecule has 1 heterocycles. The lowest BCUT2D eigenvalue weighted by Crippen LogP contribution is -2.31. The summed E-state index contributed by atoms with van der Waals surface area (Å²) in [6, 6.07) is 6.01. The molecule has 1 aliphatic heterocycles. The molecule has 1 aliphatic rings. The Hall–Kier alpha value is -1.66. The summed E-state index contributed by atoms with van der Waals surface area (Å²) < 4.78 is 0. The molecule has 1 saturated heterocycles. The predicted molar refractivity (Wildman–Crippen MR) is 80.0 cm³/mol. The molecular weight excluding hydrogens is 256 g/mol. The average molecular weight is 278 g/mol. The fourth-order valence-corrected chi connectivity index (χ4v) is 2.67. The Balaban J connectivity index is 2.07. The van der Waals surface area contributed by atoms with Crippen LogP contribution in [0.1, 0.15) is 12.0 Å². The summed E-state index contributed by atoms with van der Waals surface area (Å²) in [4.78, 5) is 15.3. The first kappa shape index (κ1) is 14.7. The zero-order valence-corrected chi connectivity index (χ0v) is 12.3. The van der Waals surface area contributed by atoms with Gasteiger partial charge in [0.15, 0.2) is 0 Å². The molecule has 1 fully saturated rings. The first-order chi connectivity index (χ1) is 9.51. The van der Waals surface area contributed by atoms with Gasteiger partial charge in [-0.25, -0.2) is 0 Å². The van der Waals surface area contributed by atoms with Gasteiger partial charge in [0.2, 0.25) is 0 Å². The molecule has 110 valence electrons. The molecule has 1 aromatic carbocycles. The molecule has 6 heteroatoms. The Kier molecular flexibility index (Phi) is 4.57. The second-order valence-electron chi connectivity index (χ2n) is 5.50. The van der Waals surface area contributed by atoms with Crippen molar-refractivity contribution in [2.45, 2.75) is 19.0 Å². The van der Waals surface area contributed by atoms with Crippen LogP contribution in [0, 0.1) is 10.1 Å². The number of hydrogen-bond donors (Lipinski definition) is 1. The highest BCUT2D eigenvalue weighted by Gasteiger charge is 2.24. The highest BCUT2D eigenvalue weighted by atomic mass is 16.6. The van der Waals surface area contributed by atoms with E-state index in [1.54, 1.807) is 19.2 Å². The van der Waals surface area contributed by atoms with Crippen molar-refractivity contribution in [2.75, 3.05) is 39.5 Å². The molecule has 0 bridgehead atoms. The minimum absolute atomic E-state index is 0.147. The van der Waals surface area contributed by atoms with E-state index < -0.39 is 0 Å². The standard InChI is InChI=1S/C14H22N4O2/c1-15-13-5-4-11(8-14(13)18(19)20)9-17-7-6-12(10-17)16(2)3/h4-5,8,12,15H,6-7,9-10H2,1-3H3. The van der Waals surface area contributed by atoms with Crippen LogP contribution in [0.5, 0.6) is 0 Å². The van der Waals surface area contributed by atoms with Crippen LogP contribution in [0.3, 0.4) is 0 Å². The van der Waals surface area contributed by atoms with E-state index in [-0.39, 0.29) is 10.6 Å². The average Bonchev–Trinajstić information content (AvgIpc) is 2.87. The van der Waals surface area contributed by atoms with Crippen molar-refractivity contribution in [3.8, 4) is 0 Å². The van der Waals surface area contributed by atoms with E-state index in [0.717, 1.165) is 31.6 Å². The summed E-state index contributed by atoms with van der Waals surface area (Å²) in [5, 5.41) is 13.9. The number of nitro groups is 1. The summed E-state index contributed by atoms with van der Waals surface area (Å²) >= 11 is 0. The number of nitro benzene ring substituents is 1. The molecule has 0 aliphatic carbocycles. The van der Waals surface area contributed by atoms with Crippen LogP contribution in [0.15, 0.2) is 18.2 Å². The lowest BCUT2D eigenvalue weighted by atomic mass is 10.1. The van der Waals surface area contributed by atoms with Gasteiger partial charge in [0, 0.05) is 38.8 Å². The van der Waals surface area contributed by atoms with Crippen molar-refractivity contribution >= 4 is 11.4 Å². The number of anilines is 1. The molecule has 0 aromatic heterocycles. The van der Waals surface area contributed by atoms with Gasteiger partial charge >= 0.3 is 0 Å². The van der Waals surface area contributed by atoms with E-state index in [1.807, 2.05) is 6.07 Å². The van der Waals surface area contributed by atoms with Crippen LogP contribution in [0.2, 0.25) is 0 Å². The molecule has 1 unspecified atom stereocenters. The highest BCUT2D eigenvalue weighted by Crippen LogP contribution is 2.26. The summed E-state index contributed by atoms with van der Waals surface area (Å²) in [6.45, 7) is 2.84. The van der Waals surface area contributed by atoms with Crippen LogP contribution in [0.25, 0.3) is 0 Å². The van der Waals surface area contributed by atoms with Gasteiger partial charge in [-0.05, 0) is 32.1 Å². The topological polar surface area (TPSA) is 61.6 Å². The zero-order valence-electron chi connectivity index (χ0n) is 12.3. The molecule has 1 aromatic rings. The van der Waals surface area contributed by atoms with E-state index in [1.165, 1.54) is 0 Å². The number of nitrogens with one attached hydrogen (secondary N) is 1. The van der Waals surface area contributed by atoms with Crippen LogP contribution in [-0.2, 0) is 6.54 Å². The monoisotopic (exact) mass is 278 g/mol. The fourth-order valence-electron chi connectivity index (χ4n) is 2.67. The van der Waals surface area contributed by atoms with Gasteiger partial charge in [0.25, 0.3) is 5.69 Å². The van der Waals surface area contributed by atoms with Gasteiger partial charge in [-0.2, -0.15) is 0 Å². The Morgan fingerprint density at radius 1 is 1.50 bits per heavy atom. The van der Waals surface area contributed by atoms with Crippen molar-refractivity contribution in [1.29, 1.82) is 0 Å². The molecule has 0 spiro atoms. The normalized spacial score (nSPS) is 19.5. The molecule has 1 atom stereocenters. The Labute approximate surface area is 119 Å². The number of likely N-dealkylation sites (N-methyl/N-ethyl adjacent to an activating group) is 1. The number of likely N-dealkylation sites (tertiary alicyclic amines) is 1. The number of nitrogens with zero attached hydrogens (tertiary/aromatic N) is 3. The lowest BCUT2D eigenvalue weighted by Gasteiger charge is -2.20. The summed E-state index contributed by atoms with van der Waals surface area (Å²) in [5.74, 6) is 0. The van der Waals surface area contributed by atoms with Crippen molar-refractivity contribution < 1.29 is 4.92 Å². The fraction of sp³-hybridized carbons (Fsp3) is 0.571.